The first-order chi connectivity index (χ1) is 57.0. The number of fused-ring (bicyclic) bond motifs is 5. The molecule has 15 rings (SSSR count). The number of para-hydroxylation sites is 1. The normalized spacial score (nSPS) is 14.9. The van der Waals surface area contributed by atoms with Gasteiger partial charge >= 0.3 is 23.9 Å². The third-order valence-corrected chi connectivity index (χ3v) is 23.5. The van der Waals surface area contributed by atoms with E-state index in [4.69, 9.17) is 9.47 Å². The number of quaternary nitrogens is 1. The first kappa shape index (κ1) is 89.5. The molecule has 5 N–H and O–H groups in total. The number of rotatable bonds is 24. The van der Waals surface area contributed by atoms with Crippen molar-refractivity contribution in [3.8, 4) is 5.75 Å². The fourth-order valence-corrected chi connectivity index (χ4v) is 17.2. The lowest BCUT2D eigenvalue weighted by atomic mass is 9.98. The summed E-state index contributed by atoms with van der Waals surface area (Å²) in [4.78, 5) is 62.7. The molecule has 120 heavy (non-hydrogen) atoms. The average Bonchev–Trinajstić information content (AvgIpc) is 1.61. The Morgan fingerprint density at radius 2 is 1.10 bits per heavy atom. The lowest BCUT2D eigenvalue weighted by Crippen LogP contribution is -2.44. The van der Waals surface area contributed by atoms with Gasteiger partial charge in [0.1, 0.15) is 35.1 Å². The average molecular weight is 1630 g/mol. The minimum Gasteiger partial charge on any atom is -0.508 e. The number of carboxylic acid groups (broad SMARTS) is 4. The van der Waals surface area contributed by atoms with Crippen molar-refractivity contribution in [3.63, 3.8) is 0 Å². The molecule has 3 aliphatic heterocycles. The lowest BCUT2D eigenvalue weighted by Gasteiger charge is -2.34. The number of piperazine rings is 1. The zero-order valence-electron chi connectivity index (χ0n) is 73.4. The first-order valence-corrected chi connectivity index (χ1v) is 42.2. The molecule has 22 nitrogen and oxygen atoms in total. The van der Waals surface area contributed by atoms with Crippen LogP contribution in [-0.4, -0.2) is 196 Å². The fourth-order valence-electron chi connectivity index (χ4n) is 17.2. The second kappa shape index (κ2) is 38.8. The highest BCUT2D eigenvalue weighted by Gasteiger charge is 2.33. The van der Waals surface area contributed by atoms with Crippen molar-refractivity contribution >= 4 is 95.9 Å². The maximum Gasteiger partial charge on any atom is 0.352 e. The number of methoxy groups -OCH3 is 1. The number of aromatic carboxylic acids is 4. The monoisotopic (exact) mass is 1630 g/mol. The number of aryl methyl sites for hydroxylation is 3. The number of likely N-dealkylation sites (tertiary alicyclic amines) is 2. The molecule has 10 heterocycles. The van der Waals surface area contributed by atoms with Crippen LogP contribution in [-0.2, 0) is 38.0 Å². The van der Waals surface area contributed by atoms with Crippen LogP contribution in [0.3, 0.4) is 0 Å². The van der Waals surface area contributed by atoms with Gasteiger partial charge in [0.15, 0.2) is 6.10 Å². The molecule has 3 saturated heterocycles. The van der Waals surface area contributed by atoms with E-state index in [1.807, 2.05) is 90.1 Å². The number of anilines is 1. The number of likely N-dealkylation sites (N-methyl/N-ethyl adjacent to an activating group) is 2. The van der Waals surface area contributed by atoms with E-state index in [9.17, 15) is 44.7 Å². The van der Waals surface area contributed by atoms with E-state index in [2.05, 4.69) is 187 Å². The Morgan fingerprint density at radius 3 is 1.62 bits per heavy atom. The van der Waals surface area contributed by atoms with Crippen molar-refractivity contribution in [1.29, 1.82) is 0 Å². The molecule has 636 valence electrons. The summed E-state index contributed by atoms with van der Waals surface area (Å²) in [5.74, 6) is -0.930. The van der Waals surface area contributed by atoms with Gasteiger partial charge in [-0.3, -0.25) is 9.97 Å². The molecule has 0 radical (unpaired) electrons. The molecular formula is C98H124N11O11+. The van der Waals surface area contributed by atoms with E-state index in [1.165, 1.54) is 48.1 Å². The van der Waals surface area contributed by atoms with Crippen molar-refractivity contribution in [2.75, 3.05) is 98.7 Å². The number of carboxylic acids is 4. The van der Waals surface area contributed by atoms with Gasteiger partial charge in [-0.15, -0.1) is 0 Å². The molecule has 1 atom stereocenters. The van der Waals surface area contributed by atoms with Crippen LogP contribution < -0.4 is 9.64 Å². The number of hydrogen-bond donors (Lipinski definition) is 5. The third kappa shape index (κ3) is 20.9. The smallest absolute Gasteiger partial charge is 0.352 e. The number of hydrogen-bond acceptors (Lipinski definition) is 12. The van der Waals surface area contributed by atoms with E-state index in [0.717, 1.165) is 175 Å². The molecule has 1 unspecified atom stereocenters. The second-order valence-corrected chi connectivity index (χ2v) is 34.8. The number of pyridine rings is 2. The number of benzene rings is 5. The van der Waals surface area contributed by atoms with Crippen LogP contribution in [0.25, 0.3) is 66.3 Å². The van der Waals surface area contributed by atoms with Gasteiger partial charge in [0.05, 0.1) is 79.4 Å². The minimum atomic E-state index is -0.927. The molecule has 0 saturated carbocycles. The molecule has 0 amide bonds. The Kier molecular flexibility index (Phi) is 29.0. The van der Waals surface area contributed by atoms with Crippen molar-refractivity contribution in [1.82, 2.24) is 42.6 Å². The molecule has 3 aliphatic rings. The quantitative estimate of drug-likeness (QED) is 0.0279. The number of aliphatic hydroxyl groups is 1. The van der Waals surface area contributed by atoms with E-state index >= 15 is 0 Å². The van der Waals surface area contributed by atoms with Gasteiger partial charge in [-0.1, -0.05) is 130 Å². The first-order valence-electron chi connectivity index (χ1n) is 42.2. The van der Waals surface area contributed by atoms with Gasteiger partial charge in [-0.25, -0.2) is 19.2 Å². The van der Waals surface area contributed by atoms with Crippen LogP contribution in [0.5, 0.6) is 5.75 Å². The number of carbonyl (C=O) groups is 4. The molecule has 0 spiro atoms. The van der Waals surface area contributed by atoms with Gasteiger partial charge in [0.2, 0.25) is 0 Å². The molecule has 0 bridgehead atoms. The van der Waals surface area contributed by atoms with Gasteiger partial charge < -0.3 is 77.0 Å². The maximum absolute atomic E-state index is 12.0. The summed E-state index contributed by atoms with van der Waals surface area (Å²) in [5, 5.41) is 52.9. The zero-order chi connectivity index (χ0) is 86.9. The lowest BCUT2D eigenvalue weighted by molar-refractivity contribution is -0.879. The number of aliphatic hydroxyl groups excluding tert-OH is 1. The Morgan fingerprint density at radius 1 is 0.550 bits per heavy atom. The highest BCUT2D eigenvalue weighted by molar-refractivity contribution is 6.00. The summed E-state index contributed by atoms with van der Waals surface area (Å²) in [5.41, 5.74) is 19.4. The number of nitrogens with zero attached hydrogens (tertiary/aromatic N) is 11. The molecule has 12 aromatic rings. The molecule has 7 aromatic heterocycles. The summed E-state index contributed by atoms with van der Waals surface area (Å²) < 4.78 is 22.4. The largest absolute Gasteiger partial charge is 0.508 e. The predicted molar refractivity (Wildman–Crippen MR) is 485 cm³/mol. The highest BCUT2D eigenvalue weighted by atomic mass is 16.5. The van der Waals surface area contributed by atoms with Crippen LogP contribution in [0, 0.1) is 13.8 Å². The fraction of sp³-hybridized carbons (Fsp3) is 0.408. The van der Waals surface area contributed by atoms with Crippen LogP contribution in [0.1, 0.15) is 221 Å². The predicted octanol–water partition coefficient (Wildman–Crippen LogP) is 19.5. The SMILES string of the molecule is C=C(O)c1cn(CCOC)c2c(C(C)C)cccc12.C=Cc1ccnc(Cn2c(C(=O)O)cc3cc(C)cc(C(C)C)c32)c1.CC(C)c1cc(OC2CC[N+](C)(C)C2)cc2cc(C(=O)O)n(C)c12.CC(C)c1cn(CCN2CCCC2)c2ccc(C(=O)O)cc12.Cc1cc(C(C)C)c2c(c1)cc(C(=O)O)n2Cc1cc(N2CCN(C)CC2)ccn1. The number of aromatic nitrogens is 7. The Balaban J connectivity index is 0.000000148. The van der Waals surface area contributed by atoms with Crippen LogP contribution in [0.15, 0.2) is 153 Å². The van der Waals surface area contributed by atoms with E-state index < -0.39 is 23.9 Å². The molecule has 0 aliphatic carbocycles. The summed E-state index contributed by atoms with van der Waals surface area (Å²) in [6.45, 7) is 45.9. The summed E-state index contributed by atoms with van der Waals surface area (Å²) in [7, 11) is 10.1. The molecule has 5 aromatic carbocycles. The van der Waals surface area contributed by atoms with E-state index in [-0.39, 0.29) is 17.6 Å². The topological polar surface area (TPSA) is 248 Å². The number of ether oxygens (including phenoxy) is 2. The van der Waals surface area contributed by atoms with Crippen molar-refractivity contribution in [2.24, 2.45) is 7.05 Å². The molecule has 3 fully saturated rings. The molecule has 22 heteroatoms. The summed E-state index contributed by atoms with van der Waals surface area (Å²) in [6.07, 6.45) is 13.4. The standard InChI is InChI=1S/C24H30N4O2.C21H22N2O2.C19H26N2O3.C18H24N2O2.C16H21NO2/c1-16(2)21-12-17(3)11-18-13-22(24(29)30)28(23(18)21)15-19-14-20(5-6-25-19)27-9-7-26(4)8-10-27;1-5-15-6-7-22-17(10-15)12-23-19(21(24)25)11-16-8-14(4)9-18(13(2)3)20(16)23;1-12(2)16-10-15(24-14-6-7-21(4,5)11-14)8-13-9-17(19(22)23)20(3)18(13)16;1-13(2)16-12-20(10-9-19-7-3-4-8-19)17-6-5-14(18(21)22)11-15(16)17;1-11(2)13-6-5-7-14-15(12(3)18)10-17(16(13)14)8-9-19-4/h5-6,11-14,16H,7-10,15H2,1-4H3,(H,29,30);5-11,13H,1,12H2,2-4H3,(H,24,25);8-10,12,14H,6-7,11H2,1-5H3;5-6,11-13H,3-4,7-10H2,1-2H3,(H,21,22);5-7,10-11,18H,3,8-9H2,1-2,4H3/p+1. The van der Waals surface area contributed by atoms with Gasteiger partial charge in [0, 0.05) is 135 Å². The summed E-state index contributed by atoms with van der Waals surface area (Å²) in [6, 6.07) is 37.4. The maximum atomic E-state index is 12.0. The summed E-state index contributed by atoms with van der Waals surface area (Å²) >= 11 is 0. The van der Waals surface area contributed by atoms with E-state index in [1.54, 1.807) is 48.2 Å². The van der Waals surface area contributed by atoms with Gasteiger partial charge in [-0.2, -0.15) is 0 Å². The zero-order valence-corrected chi connectivity index (χ0v) is 73.4. The van der Waals surface area contributed by atoms with Gasteiger partial charge in [-0.05, 0) is 195 Å². The Hall–Kier alpha value is -11.3. The molecular weight excluding hydrogens is 1510 g/mol. The van der Waals surface area contributed by atoms with Crippen molar-refractivity contribution in [2.45, 2.75) is 164 Å². The Bertz CT molecular complexity index is 5710. The van der Waals surface area contributed by atoms with Crippen LogP contribution in [0.2, 0.25) is 0 Å². The van der Waals surface area contributed by atoms with Crippen LogP contribution >= 0.6 is 0 Å². The highest BCUT2D eigenvalue weighted by Crippen LogP contribution is 2.38. The van der Waals surface area contributed by atoms with E-state index in [0.29, 0.717) is 66.2 Å². The second-order valence-electron chi connectivity index (χ2n) is 34.8. The van der Waals surface area contributed by atoms with Crippen molar-refractivity contribution < 1.29 is 58.7 Å². The van der Waals surface area contributed by atoms with Gasteiger partial charge in [0.25, 0.3) is 0 Å². The third-order valence-electron chi connectivity index (χ3n) is 23.5. The Labute approximate surface area is 706 Å². The van der Waals surface area contributed by atoms with Crippen molar-refractivity contribution in [3.05, 3.63) is 237 Å². The van der Waals surface area contributed by atoms with Crippen LogP contribution in [0.4, 0.5) is 5.69 Å². The minimum absolute atomic E-state index is 0.113.